The summed E-state index contributed by atoms with van der Waals surface area (Å²) in [5.74, 6) is 1.23. The van der Waals surface area contributed by atoms with E-state index in [1.165, 1.54) is 10.4 Å². The summed E-state index contributed by atoms with van der Waals surface area (Å²) >= 11 is 1.14. The van der Waals surface area contributed by atoms with Gasteiger partial charge in [-0.2, -0.15) is 4.31 Å². The van der Waals surface area contributed by atoms with Crippen molar-refractivity contribution in [1.29, 1.82) is 0 Å². The van der Waals surface area contributed by atoms with Gasteiger partial charge in [-0.05, 0) is 54.8 Å². The molecule has 0 bridgehead atoms. The van der Waals surface area contributed by atoms with Crippen LogP contribution in [0.25, 0.3) is 0 Å². The molecule has 1 amide bonds. The molecule has 3 rings (SSSR count). The van der Waals surface area contributed by atoms with Gasteiger partial charge in [0.1, 0.15) is 9.77 Å². The van der Waals surface area contributed by atoms with Gasteiger partial charge in [0, 0.05) is 13.1 Å². The first kappa shape index (κ1) is 24.5. The maximum absolute atomic E-state index is 13.1. The molecule has 1 aromatic carbocycles. The highest BCUT2D eigenvalue weighted by molar-refractivity contribution is 7.89. The largest absolute Gasteiger partial charge is 0.493 e. The Bertz CT molecular complexity index is 1030. The fourth-order valence-corrected chi connectivity index (χ4v) is 6.41. The first-order valence-electron chi connectivity index (χ1n) is 10.9. The van der Waals surface area contributed by atoms with E-state index >= 15 is 0 Å². The molecule has 1 aromatic heterocycles. The van der Waals surface area contributed by atoms with Crippen LogP contribution in [0.1, 0.15) is 61.3 Å². The van der Waals surface area contributed by atoms with Gasteiger partial charge >= 0.3 is 0 Å². The lowest BCUT2D eigenvalue weighted by Crippen LogP contribution is -2.36. The average molecular weight is 481 g/mol. The number of piperidine rings is 1. The van der Waals surface area contributed by atoms with E-state index in [2.05, 4.69) is 19.2 Å². The second kappa shape index (κ2) is 10.7. The number of rotatable bonds is 9. The number of methoxy groups -OCH3 is 1. The molecule has 0 radical (unpaired) electrons. The Morgan fingerprint density at radius 2 is 1.84 bits per heavy atom. The summed E-state index contributed by atoms with van der Waals surface area (Å²) in [4.78, 5) is 13.3. The van der Waals surface area contributed by atoms with Gasteiger partial charge in [0.2, 0.25) is 10.0 Å². The van der Waals surface area contributed by atoms with Crippen molar-refractivity contribution < 1.29 is 22.7 Å². The number of carbonyl (C=O) groups is 1. The first-order valence-corrected chi connectivity index (χ1v) is 13.2. The third kappa shape index (κ3) is 5.63. The van der Waals surface area contributed by atoms with E-state index < -0.39 is 15.9 Å². The van der Waals surface area contributed by atoms with Crippen molar-refractivity contribution in [2.24, 2.45) is 5.92 Å². The van der Waals surface area contributed by atoms with Crippen LogP contribution in [0.2, 0.25) is 0 Å². The Morgan fingerprint density at radius 3 is 2.50 bits per heavy atom. The lowest BCUT2D eigenvalue weighted by molar-refractivity contribution is 0.0940. The summed E-state index contributed by atoms with van der Waals surface area (Å²) < 4.78 is 38.9. The SMILES string of the molecule is COc1cc(C(C)NC(=O)c2sccc2S(=O)(=O)N2CCCCC2)ccc1OCC(C)C. The second-order valence-electron chi connectivity index (χ2n) is 8.39. The van der Waals surface area contributed by atoms with E-state index in [-0.39, 0.29) is 15.8 Å². The highest BCUT2D eigenvalue weighted by atomic mass is 32.2. The fraction of sp³-hybridized carbons (Fsp3) is 0.522. The molecule has 176 valence electrons. The molecule has 0 saturated carbocycles. The minimum atomic E-state index is -3.68. The van der Waals surface area contributed by atoms with Crippen LogP contribution in [0, 0.1) is 5.92 Å². The molecule has 32 heavy (non-hydrogen) atoms. The van der Waals surface area contributed by atoms with Crippen LogP contribution >= 0.6 is 11.3 Å². The van der Waals surface area contributed by atoms with E-state index in [1.54, 1.807) is 12.5 Å². The van der Waals surface area contributed by atoms with Crippen molar-refractivity contribution in [2.45, 2.75) is 51.0 Å². The Hall–Kier alpha value is -2.10. The summed E-state index contributed by atoms with van der Waals surface area (Å²) in [6.07, 6.45) is 2.73. The zero-order valence-corrected chi connectivity index (χ0v) is 20.7. The Labute approximate surface area is 194 Å². The normalized spacial score (nSPS) is 16.0. The Kier molecular flexibility index (Phi) is 8.19. The maximum atomic E-state index is 13.1. The van der Waals surface area contributed by atoms with Crippen LogP contribution in [-0.4, -0.2) is 45.4 Å². The van der Waals surface area contributed by atoms with E-state index in [0.717, 1.165) is 36.2 Å². The van der Waals surface area contributed by atoms with Crippen LogP contribution in [0.3, 0.4) is 0 Å². The van der Waals surface area contributed by atoms with Gasteiger partial charge in [-0.25, -0.2) is 8.42 Å². The standard InChI is InChI=1S/C23H32N2O5S2/c1-16(2)15-30-19-9-8-18(14-20(19)29-4)17(3)24-23(26)22-21(10-13-31-22)32(27,28)25-11-6-5-7-12-25/h8-10,13-14,16-17H,5-7,11-12,15H2,1-4H3,(H,24,26). The molecule has 1 unspecified atom stereocenters. The Balaban J connectivity index is 1.75. The molecule has 1 aliphatic heterocycles. The van der Waals surface area contributed by atoms with Crippen LogP contribution in [0.4, 0.5) is 0 Å². The fourth-order valence-electron chi connectivity index (χ4n) is 3.59. The number of nitrogens with one attached hydrogen (secondary N) is 1. The summed E-state index contributed by atoms with van der Waals surface area (Å²) in [5.41, 5.74) is 0.837. The van der Waals surface area contributed by atoms with Gasteiger partial charge in [-0.15, -0.1) is 11.3 Å². The van der Waals surface area contributed by atoms with Gasteiger partial charge in [-0.1, -0.05) is 26.3 Å². The number of sulfonamides is 1. The molecule has 1 N–H and O–H groups in total. The van der Waals surface area contributed by atoms with Crippen molar-refractivity contribution in [2.75, 3.05) is 26.8 Å². The van der Waals surface area contributed by atoms with Gasteiger partial charge < -0.3 is 14.8 Å². The molecule has 0 aliphatic carbocycles. The highest BCUT2D eigenvalue weighted by Gasteiger charge is 2.31. The van der Waals surface area contributed by atoms with E-state index in [0.29, 0.717) is 37.1 Å². The highest BCUT2D eigenvalue weighted by Crippen LogP contribution is 2.32. The Morgan fingerprint density at radius 1 is 1.12 bits per heavy atom. The third-order valence-corrected chi connectivity index (χ3v) is 8.36. The van der Waals surface area contributed by atoms with E-state index in [1.807, 2.05) is 25.1 Å². The van der Waals surface area contributed by atoms with Crippen LogP contribution in [0.5, 0.6) is 11.5 Å². The quantitative estimate of drug-likeness (QED) is 0.573. The molecule has 7 nitrogen and oxygen atoms in total. The number of benzene rings is 1. The van der Waals surface area contributed by atoms with Crippen molar-refractivity contribution in [3.05, 3.63) is 40.1 Å². The average Bonchev–Trinajstić information content (AvgIpc) is 3.29. The number of thiophene rings is 1. The summed E-state index contributed by atoms with van der Waals surface area (Å²) in [6.45, 7) is 7.58. The number of amides is 1. The van der Waals surface area contributed by atoms with Crippen molar-refractivity contribution in [3.8, 4) is 11.5 Å². The minimum absolute atomic E-state index is 0.0871. The molecule has 9 heteroatoms. The predicted molar refractivity (Wildman–Crippen MR) is 126 cm³/mol. The summed E-state index contributed by atoms with van der Waals surface area (Å²) in [5, 5.41) is 4.58. The molecule has 1 aliphatic rings. The molecule has 2 aromatic rings. The zero-order valence-electron chi connectivity index (χ0n) is 19.1. The number of hydrogen-bond donors (Lipinski definition) is 1. The minimum Gasteiger partial charge on any atom is -0.493 e. The smallest absolute Gasteiger partial charge is 0.263 e. The second-order valence-corrected chi connectivity index (χ2v) is 11.2. The molecule has 2 heterocycles. The number of nitrogens with zero attached hydrogens (tertiary/aromatic N) is 1. The van der Waals surface area contributed by atoms with Gasteiger partial charge in [0.15, 0.2) is 11.5 Å². The predicted octanol–water partition coefficient (Wildman–Crippen LogP) is 4.46. The van der Waals surface area contributed by atoms with Crippen LogP contribution in [0.15, 0.2) is 34.5 Å². The van der Waals surface area contributed by atoms with Crippen molar-refractivity contribution >= 4 is 27.3 Å². The molecular formula is C23H32N2O5S2. The summed E-state index contributed by atoms with van der Waals surface area (Å²) in [6, 6.07) is 6.72. The monoisotopic (exact) mass is 480 g/mol. The molecule has 1 atom stereocenters. The lowest BCUT2D eigenvalue weighted by Gasteiger charge is -2.26. The van der Waals surface area contributed by atoms with Crippen molar-refractivity contribution in [3.63, 3.8) is 0 Å². The van der Waals surface area contributed by atoms with Crippen molar-refractivity contribution in [1.82, 2.24) is 9.62 Å². The maximum Gasteiger partial charge on any atom is 0.263 e. The number of hydrogen-bond acceptors (Lipinski definition) is 6. The molecule has 1 saturated heterocycles. The zero-order chi connectivity index (χ0) is 23.3. The number of ether oxygens (including phenoxy) is 2. The van der Waals surface area contributed by atoms with Gasteiger partial charge in [0.25, 0.3) is 5.91 Å². The van der Waals surface area contributed by atoms with E-state index in [4.69, 9.17) is 9.47 Å². The lowest BCUT2D eigenvalue weighted by atomic mass is 10.1. The summed E-state index contributed by atoms with van der Waals surface area (Å²) in [7, 11) is -2.10. The van der Waals surface area contributed by atoms with E-state index in [9.17, 15) is 13.2 Å². The first-order chi connectivity index (χ1) is 15.2. The molecule has 1 fully saturated rings. The third-order valence-electron chi connectivity index (χ3n) is 5.38. The molecule has 0 spiro atoms. The molecular weight excluding hydrogens is 448 g/mol. The van der Waals surface area contributed by atoms with Crippen LogP contribution in [-0.2, 0) is 10.0 Å². The number of carbonyl (C=O) groups excluding carboxylic acids is 1. The van der Waals surface area contributed by atoms with Gasteiger partial charge in [-0.3, -0.25) is 4.79 Å². The van der Waals surface area contributed by atoms with Gasteiger partial charge in [0.05, 0.1) is 19.8 Å². The topological polar surface area (TPSA) is 84.9 Å². The van der Waals surface area contributed by atoms with Crippen LogP contribution < -0.4 is 14.8 Å².